The van der Waals surface area contributed by atoms with Gasteiger partial charge in [-0.15, -0.1) is 0 Å². The summed E-state index contributed by atoms with van der Waals surface area (Å²) in [7, 11) is -9.12. The third-order valence-electron chi connectivity index (χ3n) is 7.02. The van der Waals surface area contributed by atoms with Gasteiger partial charge in [0.15, 0.2) is 0 Å². The fourth-order valence-electron chi connectivity index (χ4n) is 3.86. The molecule has 0 saturated carbocycles. The summed E-state index contributed by atoms with van der Waals surface area (Å²) in [5, 5.41) is 0. The Morgan fingerprint density at radius 2 is 0.619 bits per heavy atom. The van der Waals surface area contributed by atoms with E-state index in [1.54, 1.807) is 48.5 Å². The normalized spacial score (nSPS) is 11.4. The number of benzene rings is 4. The van der Waals surface area contributed by atoms with Gasteiger partial charge in [-0.3, -0.25) is 9.13 Å². The van der Waals surface area contributed by atoms with E-state index in [2.05, 4.69) is 4.86 Å². The Labute approximate surface area is 291 Å². The van der Waals surface area contributed by atoms with Gasteiger partial charge in [0.25, 0.3) is 0 Å². The third kappa shape index (κ3) is 9.07. The van der Waals surface area contributed by atoms with Crippen LogP contribution in [0.25, 0.3) is 4.86 Å². The molecule has 0 spiro atoms. The molecule has 0 aliphatic carbocycles. The average Bonchev–Trinajstić information content (AvgIpc) is 2.88. The second kappa shape index (κ2) is 14.3. The monoisotopic (exact) mass is 631 g/mol. The number of nitrogens with zero attached hydrogens (tertiary/aromatic N) is 1. The fourth-order valence-corrected chi connectivity index (χ4v) is 7.11. The van der Waals surface area contributed by atoms with Gasteiger partial charge in [0, 0.05) is 0 Å². The van der Waals surface area contributed by atoms with E-state index in [-0.39, 0.29) is 74.4 Å². The summed E-state index contributed by atoms with van der Waals surface area (Å²) >= 11 is 0. The van der Waals surface area contributed by atoms with Crippen molar-refractivity contribution in [2.24, 2.45) is 0 Å². The van der Waals surface area contributed by atoms with Crippen LogP contribution in [0.3, 0.4) is 0 Å². The molecule has 0 aliphatic heterocycles. The Morgan fingerprint density at radius 3 is 0.810 bits per heavy atom. The predicted octanol–water partition coefficient (Wildman–Crippen LogP) is 7.36. The van der Waals surface area contributed by atoms with Crippen LogP contribution < -0.4 is 69.5 Å². The molecule has 0 aliphatic rings. The van der Waals surface area contributed by atoms with Crippen molar-refractivity contribution in [2.75, 3.05) is 0 Å². The zero-order valence-electron chi connectivity index (χ0n) is 25.7. The quantitative estimate of drug-likeness (QED) is 0.134. The third-order valence-corrected chi connectivity index (χ3v) is 10.5. The summed E-state index contributed by atoms with van der Waals surface area (Å²) in [6.45, 7) is 15.5. The molecule has 4 aromatic rings. The van der Waals surface area contributed by atoms with Gasteiger partial charge in [-0.05, 0) is 148 Å². The molecule has 0 amide bonds. The van der Waals surface area contributed by atoms with Gasteiger partial charge in [-0.2, -0.15) is 0 Å². The Bertz CT molecular complexity index is 1450. The van der Waals surface area contributed by atoms with Gasteiger partial charge in [-0.1, -0.05) is 24.3 Å². The minimum Gasteiger partial charge on any atom is -0.429 e. The number of rotatable bonds is 10. The minimum atomic E-state index is -4.56. The van der Waals surface area contributed by atoms with Crippen LogP contribution in [0.1, 0.15) is 44.5 Å². The van der Waals surface area contributed by atoms with Crippen molar-refractivity contribution in [1.29, 1.82) is 0 Å². The van der Waals surface area contributed by atoms with E-state index >= 15 is 0 Å². The van der Waals surface area contributed by atoms with Crippen molar-refractivity contribution < 1.29 is 78.6 Å². The van der Waals surface area contributed by atoms with E-state index in [9.17, 15) is 9.13 Å². The fraction of sp³-hybridized carbons (Fsp3) is 0.250. The maximum atomic E-state index is 14.4. The van der Waals surface area contributed by atoms with Gasteiger partial charge in [0.1, 0.15) is 23.0 Å². The van der Waals surface area contributed by atoms with E-state index < -0.39 is 15.5 Å². The second-order valence-corrected chi connectivity index (χ2v) is 13.7. The summed E-state index contributed by atoms with van der Waals surface area (Å²) in [4.78, 5) is 4.15. The van der Waals surface area contributed by atoms with Crippen molar-refractivity contribution in [1.82, 2.24) is 0 Å². The molecule has 42 heavy (non-hydrogen) atoms. The van der Waals surface area contributed by atoms with E-state index in [4.69, 9.17) is 18.1 Å². The molecule has 4 rings (SSSR count). The predicted molar refractivity (Wildman–Crippen MR) is 165 cm³/mol. The molecular weight excluding hydrogens is 595 g/mol. The SMILES string of the molecule is Cc1ccc(OP(=O)([N-]P(=O)(Oc2ccc(C)c(C)c2)Oc2ccc(C)c(C)c2)Oc2ccc(C)c(C)c2)cc1C.[K+]. The van der Waals surface area contributed by atoms with Crippen LogP contribution in [0.2, 0.25) is 0 Å². The summed E-state index contributed by atoms with van der Waals surface area (Å²) in [6, 6.07) is 20.9. The first kappa shape index (κ1) is 34.6. The van der Waals surface area contributed by atoms with E-state index in [1.807, 2.05) is 79.7 Å². The van der Waals surface area contributed by atoms with Crippen LogP contribution in [0, 0.1) is 55.4 Å². The number of hydrogen-bond acceptors (Lipinski definition) is 6. The van der Waals surface area contributed by atoms with Gasteiger partial charge in [0.05, 0.1) is 0 Å². The van der Waals surface area contributed by atoms with Gasteiger partial charge in [-0.25, -0.2) is 0 Å². The van der Waals surface area contributed by atoms with Crippen molar-refractivity contribution in [3.8, 4) is 23.0 Å². The minimum absolute atomic E-state index is 0. The van der Waals surface area contributed by atoms with Crippen LogP contribution in [0.15, 0.2) is 72.8 Å². The number of aryl methyl sites for hydroxylation is 8. The van der Waals surface area contributed by atoms with E-state index in [0.717, 1.165) is 44.5 Å². The zero-order chi connectivity index (χ0) is 29.9. The smallest absolute Gasteiger partial charge is 0.429 e. The van der Waals surface area contributed by atoms with Crippen LogP contribution in [-0.4, -0.2) is 0 Å². The summed E-state index contributed by atoms with van der Waals surface area (Å²) in [6.07, 6.45) is 0. The molecule has 0 saturated heterocycles. The maximum Gasteiger partial charge on any atom is 1.00 e. The molecule has 0 bridgehead atoms. The molecule has 0 fully saturated rings. The van der Waals surface area contributed by atoms with E-state index in [1.165, 1.54) is 0 Å². The molecule has 7 nitrogen and oxygen atoms in total. The summed E-state index contributed by atoms with van der Waals surface area (Å²) in [5.74, 6) is 0.974. The molecule has 0 atom stereocenters. The first-order valence-corrected chi connectivity index (χ1v) is 16.3. The van der Waals surface area contributed by atoms with Crippen molar-refractivity contribution >= 4 is 15.5 Å². The molecule has 0 unspecified atom stereocenters. The van der Waals surface area contributed by atoms with Crippen LogP contribution >= 0.6 is 15.5 Å². The van der Waals surface area contributed by atoms with Gasteiger partial charge >= 0.3 is 66.9 Å². The van der Waals surface area contributed by atoms with Crippen LogP contribution in [0.5, 0.6) is 23.0 Å². The summed E-state index contributed by atoms with van der Waals surface area (Å²) < 4.78 is 52.5. The molecule has 216 valence electrons. The largest absolute Gasteiger partial charge is 1.00 e. The van der Waals surface area contributed by atoms with Crippen LogP contribution in [0.4, 0.5) is 0 Å². The molecule has 0 heterocycles. The Kier molecular flexibility index (Phi) is 11.8. The molecule has 0 aromatic heterocycles. The Morgan fingerprint density at radius 1 is 0.405 bits per heavy atom. The van der Waals surface area contributed by atoms with Crippen molar-refractivity contribution in [2.45, 2.75) is 55.4 Å². The van der Waals surface area contributed by atoms with Gasteiger partial charge < -0.3 is 23.0 Å². The molecule has 0 N–H and O–H groups in total. The number of hydrogen-bond donors (Lipinski definition) is 0. The maximum absolute atomic E-state index is 14.4. The Balaban J connectivity index is 0.00000484. The zero-order valence-corrected chi connectivity index (χ0v) is 30.6. The second-order valence-electron chi connectivity index (χ2n) is 10.4. The first-order chi connectivity index (χ1) is 19.2. The van der Waals surface area contributed by atoms with Crippen molar-refractivity contribution in [3.63, 3.8) is 0 Å². The topological polar surface area (TPSA) is 85.2 Å². The van der Waals surface area contributed by atoms with Crippen molar-refractivity contribution in [3.05, 3.63) is 122 Å². The van der Waals surface area contributed by atoms with E-state index in [0.29, 0.717) is 0 Å². The molecule has 0 radical (unpaired) electrons. The Hall–Kier alpha value is -1.86. The van der Waals surface area contributed by atoms with Crippen LogP contribution in [-0.2, 0) is 9.13 Å². The summed E-state index contributed by atoms with van der Waals surface area (Å²) in [5.41, 5.74) is 7.79. The average molecular weight is 632 g/mol. The molecular formula is C32H36KNO6P2. The standard InChI is InChI=1S/C32H36NO6P2.K/c1-21-9-13-29(17-25(21)5)36-40(34,37-30-14-10-22(2)26(6)18-30)33-41(35,38-31-15-11-23(3)27(7)19-31)39-32-16-12-24(4)28(8)20-32;/h9-20H,1-8H3;/q-1;+1. The first-order valence-electron chi connectivity index (χ1n) is 13.3. The molecule has 4 aromatic carbocycles. The molecule has 10 heteroatoms. The van der Waals surface area contributed by atoms with Gasteiger partial charge in [0.2, 0.25) is 0 Å².